The zero-order chi connectivity index (χ0) is 26.6. The first-order chi connectivity index (χ1) is 18.2. The second-order valence-corrected chi connectivity index (χ2v) is 11.5. The lowest BCUT2D eigenvalue weighted by atomic mass is 9.92. The number of pyridine rings is 1. The molecule has 3 fully saturated rings. The van der Waals surface area contributed by atoms with Gasteiger partial charge in [-0.2, -0.15) is 0 Å². The first-order valence-corrected chi connectivity index (χ1v) is 13.3. The topological polar surface area (TPSA) is 105 Å². The number of piperidine rings is 1. The summed E-state index contributed by atoms with van der Waals surface area (Å²) in [6, 6.07) is 9.50. The van der Waals surface area contributed by atoms with Crippen LogP contribution in [0.2, 0.25) is 0 Å². The van der Waals surface area contributed by atoms with Gasteiger partial charge >= 0.3 is 12.2 Å². The van der Waals surface area contributed by atoms with E-state index in [1.807, 2.05) is 56.1 Å². The fraction of sp³-hybridized carbons (Fsp3) is 0.536. The summed E-state index contributed by atoms with van der Waals surface area (Å²) in [5.41, 5.74) is 2.83. The molecule has 0 radical (unpaired) electrons. The Labute approximate surface area is 222 Å². The van der Waals surface area contributed by atoms with E-state index in [4.69, 9.17) is 19.2 Å². The summed E-state index contributed by atoms with van der Waals surface area (Å²) in [6.45, 7) is 8.11. The van der Waals surface area contributed by atoms with Gasteiger partial charge in [0.05, 0.1) is 35.9 Å². The number of hydrogen-bond donors (Lipinski definition) is 1. The molecular formula is C28H34N4O6. The molecule has 1 aromatic heterocycles. The molecule has 2 amide bonds. The molecule has 4 aliphatic rings. The predicted molar refractivity (Wildman–Crippen MR) is 140 cm³/mol. The number of ether oxygens (including phenoxy) is 3. The molecule has 1 N–H and O–H groups in total. The van der Waals surface area contributed by atoms with Crippen molar-refractivity contribution in [3.8, 4) is 17.0 Å². The van der Waals surface area contributed by atoms with Gasteiger partial charge < -0.3 is 29.1 Å². The Hall–Kier alpha value is -3.53. The normalized spacial score (nSPS) is 26.3. The maximum absolute atomic E-state index is 12.8. The molecule has 2 aromatic rings. The van der Waals surface area contributed by atoms with E-state index < -0.39 is 17.8 Å². The minimum absolute atomic E-state index is 0.141. The molecule has 0 bridgehead atoms. The number of hydrogen-bond acceptors (Lipinski definition) is 8. The molecule has 6 rings (SSSR count). The number of aromatic nitrogens is 1. The van der Waals surface area contributed by atoms with Crippen LogP contribution in [0, 0.1) is 5.92 Å². The molecule has 10 heteroatoms. The van der Waals surface area contributed by atoms with Crippen LogP contribution >= 0.6 is 0 Å². The van der Waals surface area contributed by atoms with Gasteiger partial charge in [0.25, 0.3) is 0 Å². The van der Waals surface area contributed by atoms with Gasteiger partial charge in [-0.15, -0.1) is 0 Å². The van der Waals surface area contributed by atoms with Crippen LogP contribution in [0.25, 0.3) is 11.3 Å². The summed E-state index contributed by atoms with van der Waals surface area (Å²) in [5.74, 6) is 1.01. The summed E-state index contributed by atoms with van der Waals surface area (Å²) >= 11 is 0. The Bertz CT molecular complexity index is 1230. The Morgan fingerprint density at radius 1 is 1.18 bits per heavy atom. The van der Waals surface area contributed by atoms with Gasteiger partial charge in [0.2, 0.25) is 0 Å². The van der Waals surface area contributed by atoms with E-state index in [-0.39, 0.29) is 31.4 Å². The summed E-state index contributed by atoms with van der Waals surface area (Å²) in [7, 11) is 0. The van der Waals surface area contributed by atoms with Gasteiger partial charge in [-0.3, -0.25) is 9.88 Å². The van der Waals surface area contributed by atoms with Crippen LogP contribution < -0.4 is 14.5 Å². The average Bonchev–Trinajstić information content (AvgIpc) is 3.48. The number of anilines is 2. The molecule has 4 aliphatic heterocycles. The number of fused-ring (bicyclic) bond motifs is 4. The van der Waals surface area contributed by atoms with E-state index >= 15 is 0 Å². The standard InChI is InChI=1S/C28H34N4O6/c1-28(2,3)38-26(34)31-10-4-5-18-13-30(14-22(18)31)19-7-8-20(29-12-19)17-6-9-21-24(11-17)36-16-23-25(15-33)37-27(35)32(21)23/h6-9,11-12,18,22-23,25,33H,4-5,10,13-16H2,1-3H3/t18-,22+,23-,25-/m0/s1. The minimum Gasteiger partial charge on any atom is -0.489 e. The van der Waals surface area contributed by atoms with Crippen LogP contribution in [0.1, 0.15) is 33.6 Å². The maximum Gasteiger partial charge on any atom is 0.415 e. The highest BCUT2D eigenvalue weighted by Crippen LogP contribution is 2.41. The van der Waals surface area contributed by atoms with Gasteiger partial charge in [-0.05, 0) is 63.8 Å². The third kappa shape index (κ3) is 4.40. The highest BCUT2D eigenvalue weighted by molar-refractivity contribution is 5.94. The van der Waals surface area contributed by atoms with Crippen molar-refractivity contribution in [2.45, 2.75) is 57.4 Å². The summed E-state index contributed by atoms with van der Waals surface area (Å²) in [5, 5.41) is 9.51. The van der Waals surface area contributed by atoms with Gasteiger partial charge in [0.1, 0.15) is 24.0 Å². The van der Waals surface area contributed by atoms with Crippen molar-refractivity contribution in [2.75, 3.05) is 42.6 Å². The smallest absolute Gasteiger partial charge is 0.415 e. The number of amides is 2. The van der Waals surface area contributed by atoms with Crippen molar-refractivity contribution < 1.29 is 28.9 Å². The lowest BCUT2D eigenvalue weighted by Gasteiger charge is -2.37. The van der Waals surface area contributed by atoms with Crippen molar-refractivity contribution in [2.24, 2.45) is 5.92 Å². The minimum atomic E-state index is -0.588. The van der Waals surface area contributed by atoms with Gasteiger partial charge in [0, 0.05) is 25.2 Å². The van der Waals surface area contributed by atoms with E-state index in [9.17, 15) is 14.7 Å². The lowest BCUT2D eigenvalue weighted by molar-refractivity contribution is 0.00669. The summed E-state index contributed by atoms with van der Waals surface area (Å²) < 4.78 is 16.9. The SMILES string of the molecule is CC(C)(C)OC(=O)N1CCC[C@H]2CN(c3ccc(-c4ccc5c(c4)OC[C@H]4[C@H](CO)OC(=O)N54)nc3)C[C@H]21. The van der Waals surface area contributed by atoms with Crippen molar-refractivity contribution in [1.29, 1.82) is 0 Å². The number of aliphatic hydroxyl groups excluding tert-OH is 1. The largest absolute Gasteiger partial charge is 0.489 e. The van der Waals surface area contributed by atoms with Crippen LogP contribution in [-0.4, -0.2) is 83.8 Å². The molecular weight excluding hydrogens is 488 g/mol. The maximum atomic E-state index is 12.8. The van der Waals surface area contributed by atoms with Gasteiger partial charge in [-0.25, -0.2) is 9.59 Å². The number of cyclic esters (lactones) is 1. The molecule has 0 spiro atoms. The fourth-order valence-corrected chi connectivity index (χ4v) is 6.03. The number of carbonyl (C=O) groups excluding carboxylic acids is 2. The molecule has 0 unspecified atom stereocenters. The number of nitrogens with zero attached hydrogens (tertiary/aromatic N) is 4. The molecule has 10 nitrogen and oxygen atoms in total. The Morgan fingerprint density at radius 2 is 2.03 bits per heavy atom. The second kappa shape index (κ2) is 9.34. The molecule has 0 saturated carbocycles. The number of carbonyl (C=O) groups is 2. The quantitative estimate of drug-likeness (QED) is 0.651. The van der Waals surface area contributed by atoms with Crippen molar-refractivity contribution >= 4 is 23.6 Å². The average molecular weight is 523 g/mol. The van der Waals surface area contributed by atoms with Crippen LogP contribution in [-0.2, 0) is 9.47 Å². The van der Waals surface area contributed by atoms with Crippen molar-refractivity contribution in [3.05, 3.63) is 36.5 Å². The van der Waals surface area contributed by atoms with Crippen molar-refractivity contribution in [3.63, 3.8) is 0 Å². The molecule has 0 aliphatic carbocycles. The van der Waals surface area contributed by atoms with E-state index in [1.54, 1.807) is 4.90 Å². The van der Waals surface area contributed by atoms with E-state index in [0.29, 0.717) is 17.4 Å². The Morgan fingerprint density at radius 3 is 2.76 bits per heavy atom. The Kier molecular flexibility index (Phi) is 6.09. The summed E-state index contributed by atoms with van der Waals surface area (Å²) in [4.78, 5) is 35.7. The molecule has 1 aromatic carbocycles. The van der Waals surface area contributed by atoms with Gasteiger partial charge in [0.15, 0.2) is 6.10 Å². The zero-order valence-electron chi connectivity index (χ0n) is 22.0. The molecule has 5 heterocycles. The first kappa shape index (κ1) is 24.8. The first-order valence-electron chi connectivity index (χ1n) is 13.3. The van der Waals surface area contributed by atoms with E-state index in [1.165, 1.54) is 0 Å². The van der Waals surface area contributed by atoms with E-state index in [2.05, 4.69) is 11.0 Å². The van der Waals surface area contributed by atoms with Gasteiger partial charge in [-0.1, -0.05) is 6.07 Å². The lowest BCUT2D eigenvalue weighted by Crippen LogP contribution is -2.50. The molecule has 4 atom stereocenters. The van der Waals surface area contributed by atoms with Crippen LogP contribution in [0.15, 0.2) is 36.5 Å². The highest BCUT2D eigenvalue weighted by atomic mass is 16.6. The van der Waals surface area contributed by atoms with Crippen LogP contribution in [0.5, 0.6) is 5.75 Å². The number of rotatable bonds is 3. The zero-order valence-corrected chi connectivity index (χ0v) is 22.0. The molecule has 202 valence electrons. The molecule has 38 heavy (non-hydrogen) atoms. The fourth-order valence-electron chi connectivity index (χ4n) is 6.03. The Balaban J connectivity index is 1.16. The predicted octanol–water partition coefficient (Wildman–Crippen LogP) is 3.66. The molecule has 3 saturated heterocycles. The monoisotopic (exact) mass is 522 g/mol. The van der Waals surface area contributed by atoms with Crippen molar-refractivity contribution in [1.82, 2.24) is 9.88 Å². The third-order valence-corrected chi connectivity index (χ3v) is 7.84. The number of aliphatic hydroxyl groups is 1. The number of likely N-dealkylation sites (tertiary alicyclic amines) is 1. The van der Waals surface area contributed by atoms with Crippen LogP contribution in [0.3, 0.4) is 0 Å². The van der Waals surface area contributed by atoms with Crippen LogP contribution in [0.4, 0.5) is 21.0 Å². The van der Waals surface area contributed by atoms with E-state index in [0.717, 1.165) is 49.4 Å². The second-order valence-electron chi connectivity index (χ2n) is 11.5. The highest BCUT2D eigenvalue weighted by Gasteiger charge is 2.46. The number of benzene rings is 1. The summed E-state index contributed by atoms with van der Waals surface area (Å²) in [6.07, 6.45) is 2.69. The third-order valence-electron chi connectivity index (χ3n) is 7.84.